The SMILES string of the molecule is C[Si](C)(C)CCOCn1cc(C=O)c2nc(-c3nn(C4COC4)c4cc(F)ccc34)cnc21. The summed E-state index contributed by atoms with van der Waals surface area (Å²) in [5.74, 6) is -0.327. The van der Waals surface area contributed by atoms with E-state index in [-0.39, 0.29) is 11.9 Å². The number of hydrogen-bond acceptors (Lipinski definition) is 6. The Labute approximate surface area is 191 Å². The number of aldehydes is 1. The van der Waals surface area contributed by atoms with Gasteiger partial charge in [-0.1, -0.05) is 19.6 Å². The van der Waals surface area contributed by atoms with Gasteiger partial charge in [0.15, 0.2) is 11.9 Å². The van der Waals surface area contributed by atoms with Gasteiger partial charge in [0.05, 0.1) is 36.5 Å². The first-order valence-corrected chi connectivity index (χ1v) is 14.7. The van der Waals surface area contributed by atoms with Crippen LogP contribution in [0.4, 0.5) is 4.39 Å². The van der Waals surface area contributed by atoms with E-state index in [0.717, 1.165) is 17.7 Å². The molecule has 1 saturated heterocycles. The fourth-order valence-corrected chi connectivity index (χ4v) is 4.62. The highest BCUT2D eigenvalue weighted by atomic mass is 28.3. The van der Waals surface area contributed by atoms with Gasteiger partial charge in [-0.2, -0.15) is 5.10 Å². The Morgan fingerprint density at radius 1 is 1.30 bits per heavy atom. The minimum atomic E-state index is -1.19. The van der Waals surface area contributed by atoms with E-state index in [1.54, 1.807) is 27.7 Å². The molecule has 0 radical (unpaired) electrons. The highest BCUT2D eigenvalue weighted by molar-refractivity contribution is 6.76. The largest absolute Gasteiger partial charge is 0.377 e. The maximum Gasteiger partial charge on any atom is 0.161 e. The van der Waals surface area contributed by atoms with Gasteiger partial charge in [-0.3, -0.25) is 9.48 Å². The van der Waals surface area contributed by atoms with Gasteiger partial charge >= 0.3 is 0 Å². The molecule has 1 aliphatic heterocycles. The summed E-state index contributed by atoms with van der Waals surface area (Å²) < 4.78 is 28.7. The monoisotopic (exact) mass is 467 g/mol. The minimum absolute atomic E-state index is 0.0552. The molecule has 172 valence electrons. The summed E-state index contributed by atoms with van der Waals surface area (Å²) in [7, 11) is -1.19. The van der Waals surface area contributed by atoms with Crippen LogP contribution in [0.1, 0.15) is 16.4 Å². The van der Waals surface area contributed by atoms with Crippen molar-refractivity contribution in [2.45, 2.75) is 38.5 Å². The van der Waals surface area contributed by atoms with Crippen LogP contribution in [0.15, 0.2) is 30.6 Å². The van der Waals surface area contributed by atoms with E-state index in [4.69, 9.17) is 19.6 Å². The molecule has 5 rings (SSSR count). The van der Waals surface area contributed by atoms with Gasteiger partial charge in [0.25, 0.3) is 0 Å². The van der Waals surface area contributed by atoms with E-state index >= 15 is 0 Å². The van der Waals surface area contributed by atoms with Crippen LogP contribution in [-0.4, -0.2) is 58.5 Å². The molecule has 1 aromatic carbocycles. The number of halogens is 1. The Kier molecular flexibility index (Phi) is 5.59. The maximum atomic E-state index is 14.0. The molecule has 10 heteroatoms. The van der Waals surface area contributed by atoms with E-state index in [2.05, 4.69) is 24.6 Å². The number of rotatable bonds is 8. The van der Waals surface area contributed by atoms with Crippen LogP contribution in [0.25, 0.3) is 33.5 Å². The second kappa shape index (κ2) is 8.43. The molecule has 3 aromatic heterocycles. The van der Waals surface area contributed by atoms with Crippen LogP contribution in [0, 0.1) is 5.82 Å². The smallest absolute Gasteiger partial charge is 0.161 e. The number of carbonyl (C=O) groups is 1. The van der Waals surface area contributed by atoms with Crippen molar-refractivity contribution in [1.29, 1.82) is 0 Å². The first kappa shape index (κ1) is 21.9. The van der Waals surface area contributed by atoms with Gasteiger partial charge in [0.1, 0.15) is 29.5 Å². The van der Waals surface area contributed by atoms with Gasteiger partial charge in [-0.25, -0.2) is 14.4 Å². The highest BCUT2D eigenvalue weighted by Crippen LogP contribution is 2.32. The summed E-state index contributed by atoms with van der Waals surface area (Å²) in [5.41, 5.74) is 3.32. The van der Waals surface area contributed by atoms with Crippen LogP contribution in [0.2, 0.25) is 25.7 Å². The summed E-state index contributed by atoms with van der Waals surface area (Å²) in [6.07, 6.45) is 4.13. The van der Waals surface area contributed by atoms with Gasteiger partial charge in [-0.05, 0) is 24.2 Å². The Balaban J connectivity index is 1.51. The van der Waals surface area contributed by atoms with E-state index < -0.39 is 8.07 Å². The molecule has 0 atom stereocenters. The van der Waals surface area contributed by atoms with Crippen molar-refractivity contribution >= 4 is 36.4 Å². The lowest BCUT2D eigenvalue weighted by Crippen LogP contribution is -2.31. The summed E-state index contributed by atoms with van der Waals surface area (Å²) >= 11 is 0. The van der Waals surface area contributed by atoms with E-state index in [0.29, 0.717) is 60.2 Å². The maximum absolute atomic E-state index is 14.0. The van der Waals surface area contributed by atoms with Crippen LogP contribution in [0.3, 0.4) is 0 Å². The third-order valence-corrected chi connectivity index (χ3v) is 7.53. The summed E-state index contributed by atoms with van der Waals surface area (Å²) in [6, 6.07) is 5.70. The molecule has 8 nitrogen and oxygen atoms in total. The van der Waals surface area contributed by atoms with Crippen molar-refractivity contribution in [3.63, 3.8) is 0 Å². The number of ether oxygens (including phenoxy) is 2. The van der Waals surface area contributed by atoms with E-state index in [1.807, 2.05) is 0 Å². The molecular formula is C23H26FN5O3Si. The van der Waals surface area contributed by atoms with Crippen LogP contribution < -0.4 is 0 Å². The lowest BCUT2D eigenvalue weighted by atomic mass is 10.1. The summed E-state index contributed by atoms with van der Waals surface area (Å²) in [5, 5.41) is 5.50. The number of benzene rings is 1. The molecule has 33 heavy (non-hydrogen) atoms. The average Bonchev–Trinajstić information content (AvgIpc) is 3.27. The molecule has 0 amide bonds. The van der Waals surface area contributed by atoms with Crippen molar-refractivity contribution in [2.75, 3.05) is 19.8 Å². The Morgan fingerprint density at radius 2 is 2.12 bits per heavy atom. The van der Waals surface area contributed by atoms with Gasteiger partial charge < -0.3 is 14.0 Å². The fraction of sp³-hybridized carbons (Fsp3) is 0.391. The van der Waals surface area contributed by atoms with Gasteiger partial charge in [0.2, 0.25) is 0 Å². The van der Waals surface area contributed by atoms with Gasteiger partial charge in [0, 0.05) is 26.3 Å². The zero-order chi connectivity index (χ0) is 23.2. The van der Waals surface area contributed by atoms with E-state index in [9.17, 15) is 9.18 Å². The molecule has 1 aliphatic rings. The molecule has 1 fully saturated rings. The topological polar surface area (TPSA) is 84.1 Å². The standard InChI is InChI=1S/C23H26FN5O3Si/c1-33(2,3)7-6-31-14-28-10-15(11-30)21-23(28)25-9-19(26-21)22-18-5-4-16(24)8-20(18)29(27-22)17-12-32-13-17/h4-5,8-11,17H,6-7,12-14H2,1-3H3. The third-order valence-electron chi connectivity index (χ3n) is 5.83. The lowest BCUT2D eigenvalue weighted by molar-refractivity contribution is -0.0265. The molecule has 0 bridgehead atoms. The average molecular weight is 468 g/mol. The Morgan fingerprint density at radius 3 is 2.82 bits per heavy atom. The number of carbonyl (C=O) groups excluding carboxylic acids is 1. The predicted molar refractivity (Wildman–Crippen MR) is 126 cm³/mol. The van der Waals surface area contributed by atoms with E-state index in [1.165, 1.54) is 12.1 Å². The first-order valence-electron chi connectivity index (χ1n) is 11.0. The van der Waals surface area contributed by atoms with Crippen LogP contribution >= 0.6 is 0 Å². The molecule has 0 aliphatic carbocycles. The first-order chi connectivity index (χ1) is 15.8. The Bertz CT molecular complexity index is 1340. The Hall–Kier alpha value is -2.95. The van der Waals surface area contributed by atoms with Crippen LogP contribution in [-0.2, 0) is 16.2 Å². The normalized spacial score (nSPS) is 14.8. The molecular weight excluding hydrogens is 441 g/mol. The molecule has 0 saturated carbocycles. The third kappa shape index (κ3) is 4.21. The molecule has 4 heterocycles. The molecule has 4 aromatic rings. The fourth-order valence-electron chi connectivity index (χ4n) is 3.86. The second-order valence-corrected chi connectivity index (χ2v) is 15.2. The van der Waals surface area contributed by atoms with Crippen molar-refractivity contribution < 1.29 is 18.7 Å². The van der Waals surface area contributed by atoms with Crippen LogP contribution in [0.5, 0.6) is 0 Å². The molecule has 0 N–H and O–H groups in total. The summed E-state index contributed by atoms with van der Waals surface area (Å²) in [6.45, 7) is 8.95. The second-order valence-electron chi connectivity index (χ2n) is 9.59. The molecule has 0 spiro atoms. The number of fused-ring (bicyclic) bond motifs is 2. The van der Waals surface area contributed by atoms with Crippen molar-refractivity contribution in [3.05, 3.63) is 42.0 Å². The lowest BCUT2D eigenvalue weighted by Gasteiger charge is -2.26. The predicted octanol–water partition coefficient (Wildman–Crippen LogP) is 4.28. The zero-order valence-corrected chi connectivity index (χ0v) is 19.9. The molecule has 0 unspecified atom stereocenters. The number of nitrogens with zero attached hydrogens (tertiary/aromatic N) is 5. The van der Waals surface area contributed by atoms with Gasteiger partial charge in [-0.15, -0.1) is 0 Å². The number of hydrogen-bond donors (Lipinski definition) is 0. The minimum Gasteiger partial charge on any atom is -0.377 e. The quantitative estimate of drug-likeness (QED) is 0.218. The number of aromatic nitrogens is 5. The zero-order valence-electron chi connectivity index (χ0n) is 18.9. The summed E-state index contributed by atoms with van der Waals surface area (Å²) in [4.78, 5) is 21.1. The highest BCUT2D eigenvalue weighted by Gasteiger charge is 2.26. The van der Waals surface area contributed by atoms with Crippen molar-refractivity contribution in [2.24, 2.45) is 0 Å². The van der Waals surface area contributed by atoms with Crippen molar-refractivity contribution in [1.82, 2.24) is 24.3 Å². The van der Waals surface area contributed by atoms with Crippen molar-refractivity contribution in [3.8, 4) is 11.4 Å².